The van der Waals surface area contributed by atoms with E-state index in [0.29, 0.717) is 30.5 Å². The molecule has 1 amide bonds. The highest BCUT2D eigenvalue weighted by Crippen LogP contribution is 2.23. The van der Waals surface area contributed by atoms with Gasteiger partial charge in [-0.1, -0.05) is 37.1 Å². The maximum absolute atomic E-state index is 12.4. The molecule has 1 aromatic heterocycles. The lowest BCUT2D eigenvalue weighted by Gasteiger charge is -2.34. The Morgan fingerprint density at radius 3 is 2.44 bits per heavy atom. The zero-order valence-electron chi connectivity index (χ0n) is 14.3. The van der Waals surface area contributed by atoms with Gasteiger partial charge in [0.15, 0.2) is 0 Å². The highest BCUT2D eigenvalue weighted by molar-refractivity contribution is 7.91. The number of amides is 1. The molecule has 0 spiro atoms. The third kappa shape index (κ3) is 4.07. The Morgan fingerprint density at radius 1 is 1.16 bits per heavy atom. The molecule has 0 aliphatic carbocycles. The Balaban J connectivity index is 1.74. The number of likely N-dealkylation sites (tertiary alicyclic amines) is 1. The molecule has 2 atom stereocenters. The van der Waals surface area contributed by atoms with Crippen LogP contribution >= 0.6 is 0 Å². The summed E-state index contributed by atoms with van der Waals surface area (Å²) in [6.07, 6.45) is 1.04. The number of piperidine rings is 1. The summed E-state index contributed by atoms with van der Waals surface area (Å²) in [4.78, 5) is 14.0. The fraction of sp³-hybridized carbons (Fsp3) is 0.471. The second kappa shape index (κ2) is 6.95. The van der Waals surface area contributed by atoms with Crippen molar-refractivity contribution in [3.8, 4) is 11.5 Å². The third-order valence-corrected chi connectivity index (χ3v) is 5.55. The van der Waals surface area contributed by atoms with Gasteiger partial charge in [0.2, 0.25) is 21.6 Å². The molecule has 0 saturated carbocycles. The maximum Gasteiger partial charge on any atom is 0.336 e. The van der Waals surface area contributed by atoms with Gasteiger partial charge in [0.1, 0.15) is 5.75 Å². The number of aromatic nitrogens is 2. The summed E-state index contributed by atoms with van der Waals surface area (Å²) in [7, 11) is -3.96. The molecule has 1 aliphatic rings. The number of hydrogen-bond donors (Lipinski definition) is 0. The molecule has 25 heavy (non-hydrogen) atoms. The van der Waals surface area contributed by atoms with E-state index in [-0.39, 0.29) is 5.89 Å². The van der Waals surface area contributed by atoms with Gasteiger partial charge >= 0.3 is 5.22 Å². The zero-order valence-corrected chi connectivity index (χ0v) is 15.1. The van der Waals surface area contributed by atoms with Crippen molar-refractivity contribution in [1.29, 1.82) is 0 Å². The third-order valence-electron chi connectivity index (χ3n) is 4.23. The van der Waals surface area contributed by atoms with Crippen LogP contribution in [0.1, 0.15) is 20.3 Å². The summed E-state index contributed by atoms with van der Waals surface area (Å²) in [5.41, 5.74) is 0.626. The summed E-state index contributed by atoms with van der Waals surface area (Å²) in [6, 6.07) is 8.89. The largest absolute Gasteiger partial charge is 0.408 e. The smallest absolute Gasteiger partial charge is 0.336 e. The fourth-order valence-electron chi connectivity index (χ4n) is 3.21. The van der Waals surface area contributed by atoms with Crippen LogP contribution in [0.5, 0.6) is 0 Å². The second-order valence-corrected chi connectivity index (χ2v) is 8.61. The molecule has 3 rings (SSSR count). The van der Waals surface area contributed by atoms with Gasteiger partial charge < -0.3 is 9.32 Å². The topological polar surface area (TPSA) is 93.4 Å². The number of nitrogens with zero attached hydrogens (tertiary/aromatic N) is 3. The highest BCUT2D eigenvalue weighted by Gasteiger charge is 2.31. The molecule has 134 valence electrons. The molecule has 1 fully saturated rings. The Labute approximate surface area is 147 Å². The van der Waals surface area contributed by atoms with Crippen LogP contribution in [0.25, 0.3) is 11.5 Å². The van der Waals surface area contributed by atoms with Crippen molar-refractivity contribution in [2.75, 3.05) is 18.8 Å². The van der Waals surface area contributed by atoms with Gasteiger partial charge in [0.05, 0.1) is 0 Å². The van der Waals surface area contributed by atoms with E-state index in [9.17, 15) is 13.2 Å². The predicted octanol–water partition coefficient (Wildman–Crippen LogP) is 2.01. The van der Waals surface area contributed by atoms with Gasteiger partial charge in [-0.3, -0.25) is 4.79 Å². The molecule has 2 heterocycles. The lowest BCUT2D eigenvalue weighted by molar-refractivity contribution is -0.131. The molecule has 2 unspecified atom stereocenters. The van der Waals surface area contributed by atoms with Gasteiger partial charge in [0.25, 0.3) is 0 Å². The van der Waals surface area contributed by atoms with Crippen molar-refractivity contribution in [1.82, 2.24) is 15.1 Å². The molecule has 1 aliphatic heterocycles. The van der Waals surface area contributed by atoms with E-state index in [1.807, 2.05) is 6.07 Å². The van der Waals surface area contributed by atoms with Crippen LogP contribution in [-0.4, -0.2) is 48.3 Å². The standard InChI is InChI=1S/C17H21N3O4S/c1-12-8-13(2)10-20(9-12)15(21)11-25(22,23)17-19-18-16(24-17)14-6-4-3-5-7-14/h3-7,12-13H,8-11H2,1-2H3. The monoisotopic (exact) mass is 363 g/mol. The molecule has 2 aromatic rings. The van der Waals surface area contributed by atoms with Crippen molar-refractivity contribution in [2.24, 2.45) is 11.8 Å². The van der Waals surface area contributed by atoms with Crippen molar-refractivity contribution in [2.45, 2.75) is 25.5 Å². The van der Waals surface area contributed by atoms with Gasteiger partial charge in [-0.25, -0.2) is 8.42 Å². The van der Waals surface area contributed by atoms with Crippen LogP contribution in [0.2, 0.25) is 0 Å². The summed E-state index contributed by atoms with van der Waals surface area (Å²) < 4.78 is 30.2. The number of carbonyl (C=O) groups is 1. The molecular weight excluding hydrogens is 342 g/mol. The van der Waals surface area contributed by atoms with Crippen molar-refractivity contribution < 1.29 is 17.6 Å². The highest BCUT2D eigenvalue weighted by atomic mass is 32.2. The average molecular weight is 363 g/mol. The van der Waals surface area contributed by atoms with Crippen molar-refractivity contribution in [3.05, 3.63) is 30.3 Å². The van der Waals surface area contributed by atoms with Gasteiger partial charge in [-0.05, 0) is 30.4 Å². The number of sulfone groups is 1. The summed E-state index contributed by atoms with van der Waals surface area (Å²) in [5, 5.41) is 6.88. The summed E-state index contributed by atoms with van der Waals surface area (Å²) >= 11 is 0. The normalized spacial score (nSPS) is 21.3. The second-order valence-electron chi connectivity index (χ2n) is 6.74. The predicted molar refractivity (Wildman–Crippen MR) is 91.3 cm³/mol. The molecule has 0 N–H and O–H groups in total. The first-order valence-electron chi connectivity index (χ1n) is 8.24. The van der Waals surface area contributed by atoms with Gasteiger partial charge in [-0.2, -0.15) is 0 Å². The first kappa shape index (κ1) is 17.6. The number of hydrogen-bond acceptors (Lipinski definition) is 6. The van der Waals surface area contributed by atoms with Crippen molar-refractivity contribution >= 4 is 15.7 Å². The Kier molecular flexibility index (Phi) is 4.89. The fourth-order valence-corrected chi connectivity index (χ4v) is 4.22. The molecule has 1 aromatic carbocycles. The van der Waals surface area contributed by atoms with E-state index in [2.05, 4.69) is 24.0 Å². The molecule has 0 radical (unpaired) electrons. The average Bonchev–Trinajstić information content (AvgIpc) is 3.05. The first-order valence-corrected chi connectivity index (χ1v) is 9.90. The van der Waals surface area contributed by atoms with E-state index in [1.54, 1.807) is 29.2 Å². The first-order chi connectivity index (χ1) is 11.8. The van der Waals surface area contributed by atoms with Crippen molar-refractivity contribution in [3.63, 3.8) is 0 Å². The number of rotatable bonds is 4. The van der Waals surface area contributed by atoms with Gasteiger partial charge in [0, 0.05) is 18.7 Å². The Hall–Kier alpha value is -2.22. The lowest BCUT2D eigenvalue weighted by Crippen LogP contribution is -2.44. The van der Waals surface area contributed by atoms with Crippen LogP contribution in [-0.2, 0) is 14.6 Å². The quantitative estimate of drug-likeness (QED) is 0.825. The van der Waals surface area contributed by atoms with Crippen LogP contribution in [0.15, 0.2) is 40.0 Å². The maximum atomic E-state index is 12.4. The van der Waals surface area contributed by atoms with Crippen LogP contribution in [0.3, 0.4) is 0 Å². The minimum absolute atomic E-state index is 0.117. The Bertz CT molecular complexity index is 838. The van der Waals surface area contributed by atoms with E-state index >= 15 is 0 Å². The SMILES string of the molecule is CC1CC(C)CN(C(=O)CS(=O)(=O)c2nnc(-c3ccccc3)o2)C1. The van der Waals surface area contributed by atoms with E-state index in [4.69, 9.17) is 4.42 Å². The molecule has 7 nitrogen and oxygen atoms in total. The van der Waals surface area contributed by atoms with Crippen LogP contribution in [0.4, 0.5) is 0 Å². The van der Waals surface area contributed by atoms with E-state index in [1.165, 1.54) is 0 Å². The summed E-state index contributed by atoms with van der Waals surface area (Å²) in [5.74, 6) is -0.222. The molecule has 8 heteroatoms. The summed E-state index contributed by atoms with van der Waals surface area (Å²) in [6.45, 7) is 5.29. The minimum Gasteiger partial charge on any atom is -0.408 e. The molecule has 0 bridgehead atoms. The molecular formula is C17H21N3O4S. The number of benzene rings is 1. The van der Waals surface area contributed by atoms with Crippen LogP contribution < -0.4 is 0 Å². The Morgan fingerprint density at radius 2 is 1.80 bits per heavy atom. The van der Waals surface area contributed by atoms with Gasteiger partial charge in [-0.15, -0.1) is 5.10 Å². The van der Waals surface area contributed by atoms with Crippen LogP contribution in [0, 0.1) is 11.8 Å². The lowest BCUT2D eigenvalue weighted by atomic mass is 9.92. The zero-order chi connectivity index (χ0) is 18.0. The minimum atomic E-state index is -3.96. The van der Waals surface area contributed by atoms with E-state index < -0.39 is 26.7 Å². The van der Waals surface area contributed by atoms with E-state index in [0.717, 1.165) is 6.42 Å². The molecule has 1 saturated heterocycles. The number of carbonyl (C=O) groups excluding carboxylic acids is 1.